The zero-order chi connectivity index (χ0) is 14.5. The van der Waals surface area contributed by atoms with Crippen molar-refractivity contribution >= 4 is 21.6 Å². The average molecular weight is 290 g/mol. The summed E-state index contributed by atoms with van der Waals surface area (Å²) in [5.41, 5.74) is 4.38. The van der Waals surface area contributed by atoms with Crippen molar-refractivity contribution in [2.75, 3.05) is 12.4 Å². The van der Waals surface area contributed by atoms with Gasteiger partial charge in [-0.05, 0) is 12.1 Å². The fourth-order valence-corrected chi connectivity index (χ4v) is 2.21. The van der Waals surface area contributed by atoms with Crippen molar-refractivity contribution in [3.8, 4) is 0 Å². The van der Waals surface area contributed by atoms with Crippen LogP contribution < -0.4 is 5.73 Å². The summed E-state index contributed by atoms with van der Waals surface area (Å²) in [6, 6.07) is 4.38. The zero-order valence-corrected chi connectivity index (χ0v) is 10.3. The fraction of sp³-hybridized carbons (Fsp3) is 0.222. The molecule has 0 saturated carbocycles. The molecule has 0 aliphatic carbocycles. The van der Waals surface area contributed by atoms with Gasteiger partial charge in [0.2, 0.25) is 0 Å². The van der Waals surface area contributed by atoms with Gasteiger partial charge >= 0.3 is 6.09 Å². The number of amides is 1. The number of hydrogen-bond donors (Lipinski definition) is 1. The van der Waals surface area contributed by atoms with E-state index in [9.17, 15) is 23.3 Å². The second kappa shape index (κ2) is 6.11. The Balaban J connectivity index is 2.66. The van der Waals surface area contributed by atoms with Crippen molar-refractivity contribution < 1.29 is 27.9 Å². The Morgan fingerprint density at radius 2 is 1.89 bits per heavy atom. The number of rotatable bonds is 6. The Bertz CT molecular complexity index is 567. The van der Waals surface area contributed by atoms with Gasteiger partial charge in [-0.15, -0.1) is 0 Å². The largest absolute Gasteiger partial charge is 0.436 e. The monoisotopic (exact) mass is 290 g/mol. The molecule has 0 spiro atoms. The summed E-state index contributed by atoms with van der Waals surface area (Å²) in [5, 5.41) is 10.4. The smallest absolute Gasteiger partial charge is 0.333 e. The Labute approximate surface area is 107 Å². The molecule has 1 amide bonds. The first kappa shape index (κ1) is 14.9. The molecule has 0 aliphatic rings. The maximum atomic E-state index is 11.7. The SMILES string of the molecule is NC(=O)OOCCS(=O)(=O)c1ccc([N+](=O)[O-])cc1. The molecule has 104 valence electrons. The van der Waals surface area contributed by atoms with Gasteiger partial charge in [0.05, 0.1) is 15.6 Å². The summed E-state index contributed by atoms with van der Waals surface area (Å²) in [5.74, 6) is -0.460. The molecule has 1 aromatic carbocycles. The second-order valence-corrected chi connectivity index (χ2v) is 5.40. The highest BCUT2D eigenvalue weighted by atomic mass is 32.2. The number of nitrogens with zero attached hydrogens (tertiary/aromatic N) is 1. The molecular formula is C9H10N2O7S. The molecule has 10 heteroatoms. The number of non-ortho nitro benzene ring substituents is 1. The topological polar surface area (TPSA) is 139 Å². The van der Waals surface area contributed by atoms with Crippen LogP contribution in [0.25, 0.3) is 0 Å². The number of carbonyl (C=O) groups excluding carboxylic acids is 1. The summed E-state index contributed by atoms with van der Waals surface area (Å²) in [4.78, 5) is 28.0. The van der Waals surface area contributed by atoms with Crippen LogP contribution in [0.3, 0.4) is 0 Å². The predicted molar refractivity (Wildman–Crippen MR) is 61.8 cm³/mol. The first-order chi connectivity index (χ1) is 8.83. The summed E-state index contributed by atoms with van der Waals surface area (Å²) in [7, 11) is -3.68. The molecule has 0 fully saturated rings. The van der Waals surface area contributed by atoms with Crippen LogP contribution in [-0.2, 0) is 19.6 Å². The van der Waals surface area contributed by atoms with E-state index in [-0.39, 0.29) is 10.6 Å². The minimum atomic E-state index is -3.68. The van der Waals surface area contributed by atoms with E-state index in [2.05, 4.69) is 15.5 Å². The number of primary amides is 1. The van der Waals surface area contributed by atoms with Gasteiger partial charge in [-0.1, -0.05) is 0 Å². The Hall–Kier alpha value is -2.20. The normalized spacial score (nSPS) is 10.9. The standard InChI is InChI=1S/C9H10N2O7S/c10-9(12)18-17-5-6-19(15,16)8-3-1-7(2-4-8)11(13)14/h1-4H,5-6H2,(H2,10,12). The van der Waals surface area contributed by atoms with E-state index in [1.54, 1.807) is 0 Å². The highest BCUT2D eigenvalue weighted by molar-refractivity contribution is 7.91. The van der Waals surface area contributed by atoms with Crippen molar-refractivity contribution in [3.05, 3.63) is 34.4 Å². The first-order valence-electron chi connectivity index (χ1n) is 4.89. The molecule has 0 heterocycles. The van der Waals surface area contributed by atoms with Crippen LogP contribution in [-0.4, -0.2) is 31.8 Å². The number of benzene rings is 1. The lowest BCUT2D eigenvalue weighted by molar-refractivity contribution is -0.384. The number of nitrogens with two attached hydrogens (primary N) is 1. The van der Waals surface area contributed by atoms with Crippen LogP contribution in [0.5, 0.6) is 0 Å². The number of carbonyl (C=O) groups is 1. The average Bonchev–Trinajstić information content (AvgIpc) is 2.34. The molecule has 0 radical (unpaired) electrons. The van der Waals surface area contributed by atoms with Crippen LogP contribution in [0.2, 0.25) is 0 Å². The lowest BCUT2D eigenvalue weighted by Gasteiger charge is -2.04. The fourth-order valence-electron chi connectivity index (χ4n) is 1.14. The van der Waals surface area contributed by atoms with E-state index in [4.69, 9.17) is 0 Å². The van der Waals surface area contributed by atoms with Gasteiger partial charge < -0.3 is 5.73 Å². The van der Waals surface area contributed by atoms with Crippen LogP contribution in [0.1, 0.15) is 0 Å². The van der Waals surface area contributed by atoms with Crippen molar-refractivity contribution in [2.24, 2.45) is 5.73 Å². The van der Waals surface area contributed by atoms with E-state index >= 15 is 0 Å². The first-order valence-corrected chi connectivity index (χ1v) is 6.54. The highest BCUT2D eigenvalue weighted by Gasteiger charge is 2.16. The van der Waals surface area contributed by atoms with Crippen molar-refractivity contribution in [3.63, 3.8) is 0 Å². The molecule has 0 bridgehead atoms. The Kier molecular flexibility index (Phi) is 4.78. The molecule has 2 N–H and O–H groups in total. The predicted octanol–water partition coefficient (Wildman–Crippen LogP) is 0.395. The molecular weight excluding hydrogens is 280 g/mol. The third kappa shape index (κ3) is 4.52. The molecule has 0 aromatic heterocycles. The molecule has 1 rings (SSSR count). The molecule has 9 nitrogen and oxygen atoms in total. The number of nitro groups is 1. The lowest BCUT2D eigenvalue weighted by atomic mass is 10.3. The quantitative estimate of drug-likeness (QED) is 0.346. The lowest BCUT2D eigenvalue weighted by Crippen LogP contribution is -2.17. The van der Waals surface area contributed by atoms with Crippen molar-refractivity contribution in [1.29, 1.82) is 0 Å². The van der Waals surface area contributed by atoms with E-state index < -0.39 is 33.2 Å². The van der Waals surface area contributed by atoms with Crippen LogP contribution in [0, 0.1) is 10.1 Å². The van der Waals surface area contributed by atoms with Gasteiger partial charge in [0, 0.05) is 12.1 Å². The summed E-state index contributed by atoms with van der Waals surface area (Å²) >= 11 is 0. The number of sulfone groups is 1. The van der Waals surface area contributed by atoms with Crippen LogP contribution >= 0.6 is 0 Å². The third-order valence-electron chi connectivity index (χ3n) is 1.98. The van der Waals surface area contributed by atoms with Crippen LogP contribution in [0.15, 0.2) is 29.2 Å². The van der Waals surface area contributed by atoms with Gasteiger partial charge in [-0.3, -0.25) is 15.0 Å². The van der Waals surface area contributed by atoms with Gasteiger partial charge in [0.25, 0.3) is 5.69 Å². The van der Waals surface area contributed by atoms with Gasteiger partial charge in [-0.2, -0.15) is 4.89 Å². The summed E-state index contributed by atoms with van der Waals surface area (Å²) in [6.07, 6.45) is -1.19. The number of hydrogen-bond acceptors (Lipinski definition) is 7. The van der Waals surface area contributed by atoms with E-state index in [1.165, 1.54) is 0 Å². The summed E-state index contributed by atoms with van der Waals surface area (Å²) < 4.78 is 23.5. The maximum absolute atomic E-state index is 11.7. The molecule has 0 saturated heterocycles. The minimum absolute atomic E-state index is 0.0965. The highest BCUT2D eigenvalue weighted by Crippen LogP contribution is 2.16. The van der Waals surface area contributed by atoms with Gasteiger partial charge in [0.1, 0.15) is 6.61 Å². The minimum Gasteiger partial charge on any atom is -0.333 e. The second-order valence-electron chi connectivity index (χ2n) is 3.29. The maximum Gasteiger partial charge on any atom is 0.436 e. The van der Waals surface area contributed by atoms with Crippen molar-refractivity contribution in [1.82, 2.24) is 0 Å². The molecule has 0 atom stereocenters. The molecule has 0 unspecified atom stereocenters. The van der Waals surface area contributed by atoms with Gasteiger partial charge in [0.15, 0.2) is 9.84 Å². The molecule has 1 aromatic rings. The van der Waals surface area contributed by atoms with E-state index in [1.807, 2.05) is 0 Å². The molecule has 0 aliphatic heterocycles. The van der Waals surface area contributed by atoms with Gasteiger partial charge in [-0.25, -0.2) is 13.2 Å². The summed E-state index contributed by atoms with van der Waals surface area (Å²) in [6.45, 7) is -0.401. The van der Waals surface area contributed by atoms with E-state index in [0.717, 1.165) is 24.3 Å². The zero-order valence-electron chi connectivity index (χ0n) is 9.51. The number of nitro benzene ring substituents is 1. The Morgan fingerprint density at radius 3 is 2.37 bits per heavy atom. The van der Waals surface area contributed by atoms with Crippen molar-refractivity contribution in [2.45, 2.75) is 4.90 Å². The van der Waals surface area contributed by atoms with Crippen LogP contribution in [0.4, 0.5) is 10.5 Å². The Morgan fingerprint density at radius 1 is 1.32 bits per heavy atom. The molecule has 19 heavy (non-hydrogen) atoms. The van der Waals surface area contributed by atoms with E-state index in [0.29, 0.717) is 0 Å². The third-order valence-corrected chi connectivity index (χ3v) is 3.68.